The molecule has 0 aromatic carbocycles. The number of alkyl halides is 3. The predicted octanol–water partition coefficient (Wildman–Crippen LogP) is 1.62. The number of nitrogens with zero attached hydrogens (tertiary/aromatic N) is 3. The third kappa shape index (κ3) is 3.94. The molecule has 4 nitrogen and oxygen atoms in total. The van der Waals surface area contributed by atoms with E-state index in [0.29, 0.717) is 32.7 Å². The average Bonchev–Trinajstić information content (AvgIpc) is 2.77. The van der Waals surface area contributed by atoms with Gasteiger partial charge in [-0.2, -0.15) is 13.2 Å². The normalized spacial score (nSPS) is 18.9. The topological polar surface area (TPSA) is 47.1 Å². The highest BCUT2D eigenvalue weighted by molar-refractivity contribution is 4.97. The Kier molecular flexibility index (Phi) is 4.46. The Morgan fingerprint density at radius 3 is 2.58 bits per heavy atom. The van der Waals surface area contributed by atoms with Crippen LogP contribution >= 0.6 is 0 Å². The molecular weight excluding hydrogens is 257 g/mol. The fourth-order valence-corrected chi connectivity index (χ4v) is 2.41. The van der Waals surface area contributed by atoms with Crippen molar-refractivity contribution in [2.24, 2.45) is 11.7 Å². The number of nitrogens with two attached hydrogens (primary N) is 1. The summed E-state index contributed by atoms with van der Waals surface area (Å²) in [6.07, 6.45) is -0.0534. The van der Waals surface area contributed by atoms with Gasteiger partial charge in [0.05, 0.1) is 17.9 Å². The molecule has 7 heteroatoms. The Morgan fingerprint density at radius 2 is 2.00 bits per heavy atom. The summed E-state index contributed by atoms with van der Waals surface area (Å²) in [6, 6.07) is 0. The van der Waals surface area contributed by atoms with Gasteiger partial charge in [0, 0.05) is 25.8 Å². The first kappa shape index (κ1) is 14.3. The van der Waals surface area contributed by atoms with Crippen molar-refractivity contribution in [3.63, 3.8) is 0 Å². The molecule has 1 aromatic rings. The van der Waals surface area contributed by atoms with E-state index in [4.69, 9.17) is 5.73 Å². The highest BCUT2D eigenvalue weighted by Gasteiger charge is 2.40. The summed E-state index contributed by atoms with van der Waals surface area (Å²) in [5.74, 6) is -1.14. The van der Waals surface area contributed by atoms with E-state index in [9.17, 15) is 13.2 Å². The first-order chi connectivity index (χ1) is 8.99. The molecule has 1 aliphatic rings. The summed E-state index contributed by atoms with van der Waals surface area (Å²) in [4.78, 5) is 6.27. The van der Waals surface area contributed by atoms with Crippen molar-refractivity contribution in [1.29, 1.82) is 0 Å². The van der Waals surface area contributed by atoms with Gasteiger partial charge >= 0.3 is 6.18 Å². The molecule has 2 heterocycles. The van der Waals surface area contributed by atoms with Gasteiger partial charge in [0.25, 0.3) is 0 Å². The van der Waals surface area contributed by atoms with Crippen molar-refractivity contribution in [2.75, 3.05) is 19.6 Å². The summed E-state index contributed by atoms with van der Waals surface area (Å²) < 4.78 is 39.5. The van der Waals surface area contributed by atoms with Gasteiger partial charge < -0.3 is 10.3 Å². The molecule has 0 aliphatic carbocycles. The van der Waals surface area contributed by atoms with Crippen LogP contribution in [0, 0.1) is 5.92 Å². The van der Waals surface area contributed by atoms with E-state index in [1.54, 1.807) is 6.33 Å². The smallest absolute Gasteiger partial charge is 0.336 e. The van der Waals surface area contributed by atoms with Gasteiger partial charge in [-0.3, -0.25) is 4.90 Å². The van der Waals surface area contributed by atoms with Crippen LogP contribution in [0.5, 0.6) is 0 Å². The second-order valence-electron chi connectivity index (χ2n) is 4.98. The molecule has 1 aliphatic heterocycles. The highest BCUT2D eigenvalue weighted by atomic mass is 19.4. The number of rotatable bonds is 4. The Morgan fingerprint density at radius 1 is 1.32 bits per heavy atom. The summed E-state index contributed by atoms with van der Waals surface area (Å²) in [7, 11) is 0. The minimum absolute atomic E-state index is 0.188. The number of hydrogen-bond donors (Lipinski definition) is 1. The van der Waals surface area contributed by atoms with Crippen LogP contribution in [0.3, 0.4) is 0 Å². The van der Waals surface area contributed by atoms with Crippen molar-refractivity contribution < 1.29 is 13.2 Å². The van der Waals surface area contributed by atoms with E-state index in [2.05, 4.69) is 4.98 Å². The number of likely N-dealkylation sites (tertiary alicyclic amines) is 1. The summed E-state index contributed by atoms with van der Waals surface area (Å²) in [6.45, 7) is 2.83. The van der Waals surface area contributed by atoms with Gasteiger partial charge in [-0.25, -0.2) is 4.98 Å². The number of halogens is 3. The zero-order valence-corrected chi connectivity index (χ0v) is 10.7. The fourth-order valence-electron chi connectivity index (χ4n) is 2.41. The van der Waals surface area contributed by atoms with Crippen molar-refractivity contribution in [3.05, 3.63) is 18.2 Å². The fraction of sp³-hybridized carbons (Fsp3) is 0.750. The SMILES string of the molecule is NCCn1cnc(CN2CCC(C(F)(F)F)CC2)c1. The van der Waals surface area contributed by atoms with E-state index in [1.807, 2.05) is 15.7 Å². The number of hydrogen-bond acceptors (Lipinski definition) is 3. The Bertz CT molecular complexity index is 394. The summed E-state index contributed by atoms with van der Waals surface area (Å²) >= 11 is 0. The van der Waals surface area contributed by atoms with Crippen LogP contribution in [-0.4, -0.2) is 40.3 Å². The molecule has 1 saturated heterocycles. The van der Waals surface area contributed by atoms with Gasteiger partial charge in [0.2, 0.25) is 0 Å². The molecule has 2 rings (SSSR count). The molecule has 0 amide bonds. The van der Waals surface area contributed by atoms with Gasteiger partial charge in [-0.1, -0.05) is 0 Å². The van der Waals surface area contributed by atoms with E-state index >= 15 is 0 Å². The van der Waals surface area contributed by atoms with E-state index in [0.717, 1.165) is 5.69 Å². The molecule has 0 radical (unpaired) electrons. The molecule has 0 unspecified atom stereocenters. The average molecular weight is 276 g/mol. The Hall–Kier alpha value is -1.08. The Balaban J connectivity index is 1.82. The predicted molar refractivity (Wildman–Crippen MR) is 65.3 cm³/mol. The monoisotopic (exact) mass is 276 g/mol. The molecule has 0 bridgehead atoms. The molecule has 1 fully saturated rings. The van der Waals surface area contributed by atoms with Crippen molar-refractivity contribution in [1.82, 2.24) is 14.5 Å². The minimum Gasteiger partial charge on any atom is -0.336 e. The van der Waals surface area contributed by atoms with Crippen LogP contribution in [0.2, 0.25) is 0 Å². The van der Waals surface area contributed by atoms with Crippen LogP contribution in [0.1, 0.15) is 18.5 Å². The van der Waals surface area contributed by atoms with Crippen LogP contribution in [0.25, 0.3) is 0 Å². The Labute approximate surface area is 110 Å². The standard InChI is InChI=1S/C12H19F3N4/c13-12(14,15)10-1-4-18(5-2-10)7-11-8-19(6-3-16)9-17-11/h8-10H,1-7,16H2. The van der Waals surface area contributed by atoms with E-state index in [1.165, 1.54) is 0 Å². The lowest BCUT2D eigenvalue weighted by Crippen LogP contribution is -2.38. The summed E-state index contributed by atoms with van der Waals surface area (Å²) in [5, 5.41) is 0. The van der Waals surface area contributed by atoms with Gasteiger partial charge in [-0.15, -0.1) is 0 Å². The van der Waals surface area contributed by atoms with Gasteiger partial charge in [0.1, 0.15) is 0 Å². The van der Waals surface area contributed by atoms with Crippen LogP contribution in [0.15, 0.2) is 12.5 Å². The molecule has 0 atom stereocenters. The quantitative estimate of drug-likeness (QED) is 0.909. The maximum Gasteiger partial charge on any atom is 0.391 e. The van der Waals surface area contributed by atoms with Crippen LogP contribution in [0.4, 0.5) is 13.2 Å². The number of piperidine rings is 1. The summed E-state index contributed by atoms with van der Waals surface area (Å²) in [5.41, 5.74) is 6.33. The van der Waals surface area contributed by atoms with Gasteiger partial charge in [-0.05, 0) is 25.9 Å². The van der Waals surface area contributed by atoms with Crippen molar-refractivity contribution in [3.8, 4) is 0 Å². The molecule has 0 spiro atoms. The number of imidazole rings is 1. The third-order valence-corrected chi connectivity index (χ3v) is 3.51. The molecule has 19 heavy (non-hydrogen) atoms. The minimum atomic E-state index is -4.05. The van der Waals surface area contributed by atoms with E-state index < -0.39 is 12.1 Å². The second-order valence-corrected chi connectivity index (χ2v) is 4.98. The highest BCUT2D eigenvalue weighted by Crippen LogP contribution is 2.34. The lowest BCUT2D eigenvalue weighted by atomic mass is 9.96. The zero-order chi connectivity index (χ0) is 13.9. The first-order valence-corrected chi connectivity index (χ1v) is 6.49. The maximum atomic E-state index is 12.5. The first-order valence-electron chi connectivity index (χ1n) is 6.49. The molecular formula is C12H19F3N4. The third-order valence-electron chi connectivity index (χ3n) is 3.51. The van der Waals surface area contributed by atoms with Crippen molar-refractivity contribution >= 4 is 0 Å². The van der Waals surface area contributed by atoms with Crippen LogP contribution < -0.4 is 5.73 Å². The molecule has 1 aromatic heterocycles. The van der Waals surface area contributed by atoms with Crippen molar-refractivity contribution in [2.45, 2.75) is 32.1 Å². The lowest BCUT2D eigenvalue weighted by Gasteiger charge is -2.32. The van der Waals surface area contributed by atoms with Crippen LogP contribution in [-0.2, 0) is 13.1 Å². The number of aromatic nitrogens is 2. The van der Waals surface area contributed by atoms with Gasteiger partial charge in [0.15, 0.2) is 0 Å². The zero-order valence-electron chi connectivity index (χ0n) is 10.7. The van der Waals surface area contributed by atoms with E-state index in [-0.39, 0.29) is 12.8 Å². The lowest BCUT2D eigenvalue weighted by molar-refractivity contribution is -0.185. The maximum absolute atomic E-state index is 12.5. The second kappa shape index (κ2) is 5.92. The molecule has 108 valence electrons. The largest absolute Gasteiger partial charge is 0.391 e. The molecule has 2 N–H and O–H groups in total. The molecule has 0 saturated carbocycles.